The summed E-state index contributed by atoms with van der Waals surface area (Å²) in [6, 6.07) is 8.91. The van der Waals surface area contributed by atoms with Crippen LogP contribution in [0.4, 0.5) is 0 Å². The molecule has 3 aromatic carbocycles. The van der Waals surface area contributed by atoms with Gasteiger partial charge in [0.15, 0.2) is 46.7 Å². The molecule has 0 fully saturated rings. The molecule has 42 heavy (non-hydrogen) atoms. The van der Waals surface area contributed by atoms with Crippen molar-refractivity contribution in [2.24, 2.45) is 0 Å². The van der Waals surface area contributed by atoms with Crippen molar-refractivity contribution in [2.45, 2.75) is 24.7 Å². The van der Waals surface area contributed by atoms with Gasteiger partial charge in [-0.25, -0.2) is 19.2 Å². The zero-order valence-electron chi connectivity index (χ0n) is 21.2. The predicted octanol–water partition coefficient (Wildman–Crippen LogP) is 2.31. The highest BCUT2D eigenvalue weighted by Crippen LogP contribution is 2.32. The van der Waals surface area contributed by atoms with Crippen LogP contribution in [0.25, 0.3) is 0 Å². The van der Waals surface area contributed by atoms with Gasteiger partial charge in [-0.15, -0.1) is 0 Å². The van der Waals surface area contributed by atoms with Crippen LogP contribution in [0.15, 0.2) is 66.2 Å². The van der Waals surface area contributed by atoms with Crippen molar-refractivity contribution >= 4 is 23.9 Å². The fourth-order valence-electron chi connectivity index (χ4n) is 3.96. The molecule has 3 aromatic rings. The standard InChI is InChI=1S/C28H22O14/c29-16-4-1-12(7-19(16)32)26(37)40-22-10-15(25(35)36)11-23(41-27(38)13-2-5-17(30)20(33)8-13)24(22)42-28(39)14-3-6-18(31)21(34)9-14/h1-10,22-24,29-34H,11H2,(H,35,36)/t22-,23-,24-/m1/s1. The zero-order valence-corrected chi connectivity index (χ0v) is 21.2. The van der Waals surface area contributed by atoms with Crippen molar-refractivity contribution in [3.05, 3.63) is 82.9 Å². The first-order chi connectivity index (χ1) is 19.8. The van der Waals surface area contributed by atoms with Crippen molar-refractivity contribution in [3.63, 3.8) is 0 Å². The zero-order chi connectivity index (χ0) is 30.7. The van der Waals surface area contributed by atoms with Gasteiger partial charge in [0.2, 0.25) is 0 Å². The molecule has 0 saturated carbocycles. The molecule has 0 spiro atoms. The lowest BCUT2D eigenvalue weighted by molar-refractivity contribution is -0.134. The summed E-state index contributed by atoms with van der Waals surface area (Å²) in [6.45, 7) is 0. The molecule has 0 unspecified atom stereocenters. The minimum Gasteiger partial charge on any atom is -0.504 e. The van der Waals surface area contributed by atoms with E-state index in [4.69, 9.17) is 14.2 Å². The Morgan fingerprint density at radius 2 is 0.976 bits per heavy atom. The molecule has 0 heterocycles. The van der Waals surface area contributed by atoms with Crippen LogP contribution in [-0.2, 0) is 19.0 Å². The van der Waals surface area contributed by atoms with Crippen LogP contribution in [-0.4, -0.2) is 77.9 Å². The summed E-state index contributed by atoms with van der Waals surface area (Å²) in [5.74, 6) is -8.47. The Hall–Kier alpha value is -5.92. The van der Waals surface area contributed by atoms with E-state index in [1.54, 1.807) is 0 Å². The third kappa shape index (κ3) is 6.28. The second-order valence-electron chi connectivity index (χ2n) is 9.00. The average Bonchev–Trinajstić information content (AvgIpc) is 2.94. The Morgan fingerprint density at radius 3 is 1.38 bits per heavy atom. The molecule has 0 amide bonds. The monoisotopic (exact) mass is 582 g/mol. The van der Waals surface area contributed by atoms with Gasteiger partial charge < -0.3 is 50.0 Å². The molecule has 1 aliphatic carbocycles. The molecule has 218 valence electrons. The van der Waals surface area contributed by atoms with Gasteiger partial charge in [0, 0.05) is 12.0 Å². The summed E-state index contributed by atoms with van der Waals surface area (Å²) in [5, 5.41) is 67.6. The second-order valence-corrected chi connectivity index (χ2v) is 9.00. The molecule has 0 aromatic heterocycles. The fourth-order valence-corrected chi connectivity index (χ4v) is 3.96. The van der Waals surface area contributed by atoms with E-state index in [0.29, 0.717) is 0 Å². The SMILES string of the molecule is O=C(O)C1=C[C@@H](OC(=O)c2ccc(O)c(O)c2)[C@@H](OC(=O)c2ccc(O)c(O)c2)[C@H](OC(=O)c2ccc(O)c(O)c2)C1. The van der Waals surface area contributed by atoms with Gasteiger partial charge in [-0.1, -0.05) is 0 Å². The van der Waals surface area contributed by atoms with E-state index in [2.05, 4.69) is 0 Å². The molecule has 0 bridgehead atoms. The highest BCUT2D eigenvalue weighted by Gasteiger charge is 2.43. The normalized spacial score (nSPS) is 17.9. The molecule has 0 aliphatic heterocycles. The van der Waals surface area contributed by atoms with E-state index >= 15 is 0 Å². The summed E-state index contributed by atoms with van der Waals surface area (Å²) in [5.41, 5.74) is -1.20. The Balaban J connectivity index is 1.71. The Morgan fingerprint density at radius 1 is 0.571 bits per heavy atom. The van der Waals surface area contributed by atoms with Gasteiger partial charge in [-0.05, 0) is 60.7 Å². The lowest BCUT2D eigenvalue weighted by atomic mass is 9.91. The van der Waals surface area contributed by atoms with Gasteiger partial charge in [0.05, 0.1) is 16.7 Å². The first-order valence-electron chi connectivity index (χ1n) is 12.0. The van der Waals surface area contributed by atoms with Crippen molar-refractivity contribution in [3.8, 4) is 34.5 Å². The van der Waals surface area contributed by atoms with Crippen molar-refractivity contribution < 1.29 is 69.1 Å². The molecule has 4 rings (SSSR count). The van der Waals surface area contributed by atoms with Gasteiger partial charge in [0.1, 0.15) is 6.10 Å². The number of carbonyl (C=O) groups is 4. The van der Waals surface area contributed by atoms with Gasteiger partial charge in [-0.3, -0.25) is 0 Å². The number of carboxylic acids is 1. The van der Waals surface area contributed by atoms with E-state index in [1.807, 2.05) is 0 Å². The number of hydrogen-bond acceptors (Lipinski definition) is 13. The van der Waals surface area contributed by atoms with Crippen LogP contribution in [0, 0.1) is 0 Å². The number of benzene rings is 3. The third-order valence-corrected chi connectivity index (χ3v) is 6.13. The summed E-state index contributed by atoms with van der Waals surface area (Å²) < 4.78 is 16.3. The van der Waals surface area contributed by atoms with E-state index < -0.39 is 83.1 Å². The van der Waals surface area contributed by atoms with Crippen LogP contribution in [0.1, 0.15) is 37.5 Å². The van der Waals surface area contributed by atoms with E-state index in [-0.39, 0.29) is 22.3 Å². The van der Waals surface area contributed by atoms with Crippen molar-refractivity contribution in [1.29, 1.82) is 0 Å². The number of aliphatic carboxylic acids is 1. The first kappa shape index (κ1) is 29.1. The number of esters is 3. The minimum absolute atomic E-state index is 0.265. The molecule has 14 heteroatoms. The molecule has 7 N–H and O–H groups in total. The van der Waals surface area contributed by atoms with Crippen molar-refractivity contribution in [2.75, 3.05) is 0 Å². The van der Waals surface area contributed by atoms with Gasteiger partial charge >= 0.3 is 23.9 Å². The Labute approximate surface area is 235 Å². The second kappa shape index (κ2) is 11.7. The highest BCUT2D eigenvalue weighted by molar-refractivity contribution is 5.93. The van der Waals surface area contributed by atoms with Gasteiger partial charge in [-0.2, -0.15) is 0 Å². The number of ether oxygens (including phenoxy) is 3. The predicted molar refractivity (Wildman–Crippen MR) is 137 cm³/mol. The van der Waals surface area contributed by atoms with Gasteiger partial charge in [0.25, 0.3) is 0 Å². The number of hydrogen-bond donors (Lipinski definition) is 7. The van der Waals surface area contributed by atoms with E-state index in [0.717, 1.165) is 60.7 Å². The largest absolute Gasteiger partial charge is 0.504 e. The molecule has 14 nitrogen and oxygen atoms in total. The van der Waals surface area contributed by atoms with Crippen LogP contribution in [0.5, 0.6) is 34.5 Å². The number of carboxylic acid groups (broad SMARTS) is 1. The average molecular weight is 582 g/mol. The van der Waals surface area contributed by atoms with Crippen LogP contribution < -0.4 is 0 Å². The maximum Gasteiger partial charge on any atom is 0.338 e. The number of phenols is 6. The maximum absolute atomic E-state index is 13.0. The lowest BCUT2D eigenvalue weighted by Crippen LogP contribution is -2.48. The highest BCUT2D eigenvalue weighted by atomic mass is 16.6. The molecule has 3 atom stereocenters. The quantitative estimate of drug-likeness (QED) is 0.120. The Kier molecular flexibility index (Phi) is 8.08. The summed E-state index contributed by atoms with van der Waals surface area (Å²) >= 11 is 0. The molecular weight excluding hydrogens is 560 g/mol. The van der Waals surface area contributed by atoms with Crippen molar-refractivity contribution in [1.82, 2.24) is 0 Å². The smallest absolute Gasteiger partial charge is 0.338 e. The van der Waals surface area contributed by atoms with Crippen LogP contribution >= 0.6 is 0 Å². The minimum atomic E-state index is -1.69. The summed E-state index contributed by atoms with van der Waals surface area (Å²) in [4.78, 5) is 50.7. The summed E-state index contributed by atoms with van der Waals surface area (Å²) in [6.07, 6.45) is -4.53. The first-order valence-corrected chi connectivity index (χ1v) is 12.0. The molecular formula is C28H22O14. The molecule has 0 saturated heterocycles. The number of carbonyl (C=O) groups excluding carboxylic acids is 3. The molecule has 1 aliphatic rings. The third-order valence-electron chi connectivity index (χ3n) is 6.13. The fraction of sp³-hybridized carbons (Fsp3) is 0.143. The molecule has 0 radical (unpaired) electrons. The topological polar surface area (TPSA) is 238 Å². The number of phenolic OH excluding ortho intramolecular Hbond substituents is 6. The van der Waals surface area contributed by atoms with Crippen LogP contribution in [0.3, 0.4) is 0 Å². The number of aromatic hydroxyl groups is 6. The van der Waals surface area contributed by atoms with Crippen LogP contribution in [0.2, 0.25) is 0 Å². The Bertz CT molecular complexity index is 1610. The maximum atomic E-state index is 13.0. The van der Waals surface area contributed by atoms with E-state index in [9.17, 15) is 54.9 Å². The lowest BCUT2D eigenvalue weighted by Gasteiger charge is -2.34. The number of rotatable bonds is 7. The summed E-state index contributed by atoms with van der Waals surface area (Å²) in [7, 11) is 0. The van der Waals surface area contributed by atoms with E-state index in [1.165, 1.54) is 0 Å².